The van der Waals surface area contributed by atoms with E-state index in [4.69, 9.17) is 31.5 Å². The normalized spacial score (nSPS) is 18.4. The zero-order valence-corrected chi connectivity index (χ0v) is 17.0. The lowest BCUT2D eigenvalue weighted by Crippen LogP contribution is -2.18. The summed E-state index contributed by atoms with van der Waals surface area (Å²) >= 11 is 6.19. The van der Waals surface area contributed by atoms with Crippen LogP contribution >= 0.6 is 11.6 Å². The van der Waals surface area contributed by atoms with Crippen LogP contribution in [-0.4, -0.2) is 39.7 Å². The van der Waals surface area contributed by atoms with E-state index in [2.05, 4.69) is 15.0 Å². The van der Waals surface area contributed by atoms with Crippen LogP contribution in [0.5, 0.6) is 11.9 Å². The lowest BCUT2D eigenvalue weighted by molar-refractivity contribution is -0.118. The third kappa shape index (κ3) is 5.02. The predicted octanol–water partition coefficient (Wildman–Crippen LogP) is 3.27. The molecule has 3 aromatic rings. The van der Waals surface area contributed by atoms with Crippen molar-refractivity contribution in [2.24, 2.45) is 5.73 Å². The first-order valence-corrected chi connectivity index (χ1v) is 9.95. The van der Waals surface area contributed by atoms with Gasteiger partial charge in [0.25, 0.3) is 6.01 Å². The molecule has 2 aromatic heterocycles. The molecule has 0 bridgehead atoms. The molecule has 2 atom stereocenters. The number of ether oxygens (including phenoxy) is 3. The van der Waals surface area contributed by atoms with Crippen LogP contribution in [0.3, 0.4) is 0 Å². The summed E-state index contributed by atoms with van der Waals surface area (Å²) in [7, 11) is 0. The van der Waals surface area contributed by atoms with Gasteiger partial charge in [-0.2, -0.15) is 9.97 Å². The molecule has 1 saturated heterocycles. The van der Waals surface area contributed by atoms with Gasteiger partial charge in [-0.15, -0.1) is 0 Å². The van der Waals surface area contributed by atoms with Gasteiger partial charge in [-0.05, 0) is 24.6 Å². The standard InChI is InChI=1S/C20H19ClF2N4O4/c21-13-7-16-18(26-19(13)30-9-12-14(22)2-1-3-15(12)23)27-20(25-16)31-11-6-10(29-8-11)4-5-17(24)28/h1-3,7,10-11H,4-6,8-9H2,(H2,24,28)(H,25,26,27)/t10-,11+/m1/s1. The quantitative estimate of drug-likeness (QED) is 0.542. The SMILES string of the molecule is NC(=O)CC[C@@H]1C[C@H](Oc2nc3nc(OCc4c(F)cccc4F)c(Cl)cc3[nH]2)CO1. The van der Waals surface area contributed by atoms with Crippen LogP contribution in [0.2, 0.25) is 5.02 Å². The van der Waals surface area contributed by atoms with Crippen molar-refractivity contribution in [3.63, 3.8) is 0 Å². The monoisotopic (exact) mass is 452 g/mol. The molecule has 11 heteroatoms. The molecule has 31 heavy (non-hydrogen) atoms. The maximum atomic E-state index is 13.8. The Bertz CT molecular complexity index is 1090. The molecule has 1 aliphatic heterocycles. The van der Waals surface area contributed by atoms with Crippen molar-refractivity contribution in [3.8, 4) is 11.9 Å². The van der Waals surface area contributed by atoms with Crippen LogP contribution in [0.4, 0.5) is 8.78 Å². The molecule has 1 aromatic carbocycles. The number of pyridine rings is 1. The van der Waals surface area contributed by atoms with Crippen molar-refractivity contribution in [1.29, 1.82) is 0 Å². The van der Waals surface area contributed by atoms with E-state index in [0.717, 1.165) is 12.1 Å². The number of nitrogens with two attached hydrogens (primary N) is 1. The van der Waals surface area contributed by atoms with Gasteiger partial charge in [0.2, 0.25) is 11.8 Å². The highest BCUT2D eigenvalue weighted by atomic mass is 35.5. The summed E-state index contributed by atoms with van der Waals surface area (Å²) in [4.78, 5) is 22.3. The molecule has 0 spiro atoms. The molecule has 0 radical (unpaired) electrons. The molecule has 164 valence electrons. The zero-order chi connectivity index (χ0) is 22.0. The molecule has 1 amide bonds. The second-order valence-electron chi connectivity index (χ2n) is 7.11. The van der Waals surface area contributed by atoms with Gasteiger partial charge in [-0.25, -0.2) is 8.78 Å². The number of aromatic nitrogens is 3. The first kappa shape index (κ1) is 21.3. The van der Waals surface area contributed by atoms with E-state index < -0.39 is 11.6 Å². The molecule has 0 unspecified atom stereocenters. The smallest absolute Gasteiger partial charge is 0.296 e. The van der Waals surface area contributed by atoms with Crippen molar-refractivity contribution < 1.29 is 27.8 Å². The number of imidazole rings is 1. The number of primary amides is 1. The van der Waals surface area contributed by atoms with Crippen LogP contribution in [0.1, 0.15) is 24.8 Å². The minimum atomic E-state index is -0.722. The molecule has 0 aliphatic carbocycles. The number of carbonyl (C=O) groups excluding carboxylic acids is 1. The molecule has 3 N–H and O–H groups in total. The highest BCUT2D eigenvalue weighted by molar-refractivity contribution is 6.32. The van der Waals surface area contributed by atoms with Crippen LogP contribution in [0, 0.1) is 11.6 Å². The van der Waals surface area contributed by atoms with Crippen LogP contribution in [0.15, 0.2) is 24.3 Å². The van der Waals surface area contributed by atoms with E-state index in [1.165, 1.54) is 12.1 Å². The first-order chi connectivity index (χ1) is 14.9. The van der Waals surface area contributed by atoms with Gasteiger partial charge in [0, 0.05) is 12.8 Å². The number of hydrogen-bond acceptors (Lipinski definition) is 6. The number of carbonyl (C=O) groups is 1. The molecule has 3 heterocycles. The molecular weight excluding hydrogens is 434 g/mol. The third-order valence-corrected chi connectivity index (χ3v) is 5.09. The molecule has 1 aliphatic rings. The topological polar surface area (TPSA) is 112 Å². The lowest BCUT2D eigenvalue weighted by Gasteiger charge is -2.08. The Morgan fingerprint density at radius 1 is 1.32 bits per heavy atom. The van der Waals surface area contributed by atoms with E-state index in [0.29, 0.717) is 25.0 Å². The van der Waals surface area contributed by atoms with Gasteiger partial charge in [-0.3, -0.25) is 4.79 Å². The number of rotatable bonds is 8. The largest absolute Gasteiger partial charge is 0.471 e. The predicted molar refractivity (Wildman–Crippen MR) is 107 cm³/mol. The maximum Gasteiger partial charge on any atom is 0.296 e. The second kappa shape index (κ2) is 9.03. The molecule has 4 rings (SSSR count). The average Bonchev–Trinajstić information content (AvgIpc) is 3.32. The van der Waals surface area contributed by atoms with Gasteiger partial charge in [0.1, 0.15) is 29.4 Å². The maximum absolute atomic E-state index is 13.8. The van der Waals surface area contributed by atoms with Gasteiger partial charge in [-0.1, -0.05) is 17.7 Å². The summed E-state index contributed by atoms with van der Waals surface area (Å²) in [5, 5.41) is 0.148. The van der Waals surface area contributed by atoms with Crippen molar-refractivity contribution in [3.05, 3.63) is 46.5 Å². The Kier molecular flexibility index (Phi) is 6.19. The van der Waals surface area contributed by atoms with Gasteiger partial charge >= 0.3 is 0 Å². The van der Waals surface area contributed by atoms with Gasteiger partial charge < -0.3 is 24.9 Å². The molecule has 8 nitrogen and oxygen atoms in total. The summed E-state index contributed by atoms with van der Waals surface area (Å²) in [6.07, 6.45) is 1.04. The summed E-state index contributed by atoms with van der Waals surface area (Å²) in [5.41, 5.74) is 5.72. The average molecular weight is 453 g/mol. The minimum absolute atomic E-state index is 0.00872. The summed E-state index contributed by atoms with van der Waals surface area (Å²) < 4.78 is 44.4. The second-order valence-corrected chi connectivity index (χ2v) is 7.52. The fraction of sp³-hybridized carbons (Fsp3) is 0.350. The van der Waals surface area contributed by atoms with E-state index in [-0.39, 0.29) is 59.3 Å². The summed E-state index contributed by atoms with van der Waals surface area (Å²) in [6.45, 7) is -0.0200. The van der Waals surface area contributed by atoms with Crippen LogP contribution < -0.4 is 15.2 Å². The summed E-state index contributed by atoms with van der Waals surface area (Å²) in [5.74, 6) is -1.82. The Balaban J connectivity index is 1.42. The molecule has 0 saturated carbocycles. The molecule has 1 fully saturated rings. The van der Waals surface area contributed by atoms with Crippen molar-refractivity contribution in [2.45, 2.75) is 38.1 Å². The zero-order valence-electron chi connectivity index (χ0n) is 16.2. The lowest BCUT2D eigenvalue weighted by atomic mass is 10.1. The molecular formula is C20H19ClF2N4O4. The number of amides is 1. The number of nitrogens with zero attached hydrogens (tertiary/aromatic N) is 2. The number of nitrogens with one attached hydrogen (secondary N) is 1. The van der Waals surface area contributed by atoms with E-state index >= 15 is 0 Å². The Morgan fingerprint density at radius 2 is 2.10 bits per heavy atom. The minimum Gasteiger partial charge on any atom is -0.471 e. The number of H-pyrrole nitrogens is 1. The Morgan fingerprint density at radius 3 is 2.84 bits per heavy atom. The third-order valence-electron chi connectivity index (χ3n) is 4.82. The van der Waals surface area contributed by atoms with Crippen molar-refractivity contribution in [1.82, 2.24) is 15.0 Å². The van der Waals surface area contributed by atoms with E-state index in [1.807, 2.05) is 0 Å². The Labute approximate surface area is 180 Å². The Hall–Kier alpha value is -2.98. The highest BCUT2D eigenvalue weighted by Gasteiger charge is 2.28. The number of halogens is 3. The fourth-order valence-electron chi connectivity index (χ4n) is 3.26. The van der Waals surface area contributed by atoms with Gasteiger partial charge in [0.05, 0.1) is 23.8 Å². The van der Waals surface area contributed by atoms with E-state index in [1.54, 1.807) is 0 Å². The van der Waals surface area contributed by atoms with Gasteiger partial charge in [0.15, 0.2) is 5.65 Å². The fourth-order valence-corrected chi connectivity index (χ4v) is 3.47. The number of benzene rings is 1. The summed E-state index contributed by atoms with van der Waals surface area (Å²) in [6, 6.07) is 5.31. The van der Waals surface area contributed by atoms with Crippen molar-refractivity contribution >= 4 is 28.7 Å². The highest BCUT2D eigenvalue weighted by Crippen LogP contribution is 2.29. The number of aromatic amines is 1. The van der Waals surface area contributed by atoms with Crippen LogP contribution in [0.25, 0.3) is 11.2 Å². The van der Waals surface area contributed by atoms with Crippen molar-refractivity contribution in [2.75, 3.05) is 6.61 Å². The number of hydrogen-bond donors (Lipinski definition) is 2. The van der Waals surface area contributed by atoms with E-state index in [9.17, 15) is 13.6 Å². The van der Waals surface area contributed by atoms with Crippen LogP contribution in [-0.2, 0) is 16.1 Å². The number of fused-ring (bicyclic) bond motifs is 1. The first-order valence-electron chi connectivity index (χ1n) is 9.57.